The van der Waals surface area contributed by atoms with Gasteiger partial charge < -0.3 is 11.1 Å². The average Bonchev–Trinajstić information content (AvgIpc) is 2.73. The van der Waals surface area contributed by atoms with E-state index in [1.165, 1.54) is 0 Å². The van der Waals surface area contributed by atoms with Gasteiger partial charge in [0.2, 0.25) is 5.95 Å². The average molecular weight is 304 g/mol. The second kappa shape index (κ2) is 4.30. The fourth-order valence-corrected chi connectivity index (χ4v) is 2.10. The van der Waals surface area contributed by atoms with E-state index in [1.807, 2.05) is 42.6 Å². The van der Waals surface area contributed by atoms with E-state index in [0.29, 0.717) is 11.6 Å². The standard InChI is InChI=1S/C12H10BrN5/c13-10-5-2-6-18-11(10)16-12(17-18)15-9-4-1-3-8(14)7-9/h1-7H,14H2,(H,15,17). The van der Waals surface area contributed by atoms with Gasteiger partial charge >= 0.3 is 0 Å². The van der Waals surface area contributed by atoms with E-state index in [4.69, 9.17) is 5.73 Å². The Labute approximate surface area is 112 Å². The highest BCUT2D eigenvalue weighted by Crippen LogP contribution is 2.20. The summed E-state index contributed by atoms with van der Waals surface area (Å²) in [4.78, 5) is 4.39. The van der Waals surface area contributed by atoms with Crippen molar-refractivity contribution in [3.05, 3.63) is 47.1 Å². The van der Waals surface area contributed by atoms with Crippen LogP contribution in [0.5, 0.6) is 0 Å². The second-order valence-electron chi connectivity index (χ2n) is 3.81. The van der Waals surface area contributed by atoms with Crippen molar-refractivity contribution in [3.63, 3.8) is 0 Å². The molecule has 3 aromatic rings. The van der Waals surface area contributed by atoms with Crippen LogP contribution in [0, 0.1) is 0 Å². The third-order valence-electron chi connectivity index (χ3n) is 2.46. The lowest BCUT2D eigenvalue weighted by Crippen LogP contribution is -1.94. The van der Waals surface area contributed by atoms with Crippen LogP contribution in [0.4, 0.5) is 17.3 Å². The second-order valence-corrected chi connectivity index (χ2v) is 4.66. The number of pyridine rings is 1. The molecule has 90 valence electrons. The van der Waals surface area contributed by atoms with Crippen molar-refractivity contribution < 1.29 is 0 Å². The van der Waals surface area contributed by atoms with Crippen molar-refractivity contribution in [2.75, 3.05) is 11.1 Å². The molecule has 2 heterocycles. The minimum absolute atomic E-state index is 0.535. The SMILES string of the molecule is Nc1cccc(Nc2nc3c(Br)cccn3n2)c1. The van der Waals surface area contributed by atoms with Crippen LogP contribution in [0.2, 0.25) is 0 Å². The Kier molecular flexibility index (Phi) is 2.64. The number of nitrogens with two attached hydrogens (primary N) is 1. The lowest BCUT2D eigenvalue weighted by molar-refractivity contribution is 0.962. The number of nitrogen functional groups attached to an aromatic ring is 1. The zero-order valence-corrected chi connectivity index (χ0v) is 10.9. The third kappa shape index (κ3) is 2.02. The lowest BCUT2D eigenvalue weighted by atomic mass is 10.3. The Morgan fingerprint density at radius 3 is 2.89 bits per heavy atom. The smallest absolute Gasteiger partial charge is 0.247 e. The number of anilines is 3. The first-order chi connectivity index (χ1) is 8.72. The van der Waals surface area contributed by atoms with Crippen molar-refractivity contribution >= 4 is 38.9 Å². The van der Waals surface area contributed by atoms with Crippen LogP contribution in [0.15, 0.2) is 47.1 Å². The molecule has 3 rings (SSSR count). The summed E-state index contributed by atoms with van der Waals surface area (Å²) in [6, 6.07) is 11.3. The van der Waals surface area contributed by atoms with Crippen LogP contribution in [-0.2, 0) is 0 Å². The van der Waals surface area contributed by atoms with Gasteiger partial charge in [0.15, 0.2) is 5.65 Å². The monoisotopic (exact) mass is 303 g/mol. The van der Waals surface area contributed by atoms with Gasteiger partial charge in [-0.25, -0.2) is 4.52 Å². The predicted octanol–water partition coefficient (Wildman–Crippen LogP) is 2.82. The Balaban J connectivity index is 1.98. The van der Waals surface area contributed by atoms with Gasteiger partial charge in [-0.15, -0.1) is 5.10 Å². The quantitative estimate of drug-likeness (QED) is 0.714. The number of benzene rings is 1. The molecule has 6 heteroatoms. The first-order valence-electron chi connectivity index (χ1n) is 5.36. The van der Waals surface area contributed by atoms with Crippen LogP contribution in [0.25, 0.3) is 5.65 Å². The van der Waals surface area contributed by atoms with Gasteiger partial charge in [0.05, 0.1) is 4.47 Å². The lowest BCUT2D eigenvalue weighted by Gasteiger charge is -2.01. The number of nitrogens with zero attached hydrogens (tertiary/aromatic N) is 3. The van der Waals surface area contributed by atoms with E-state index < -0.39 is 0 Å². The van der Waals surface area contributed by atoms with Crippen LogP contribution >= 0.6 is 15.9 Å². The van der Waals surface area contributed by atoms with E-state index in [-0.39, 0.29) is 0 Å². The first-order valence-corrected chi connectivity index (χ1v) is 6.15. The molecule has 3 N–H and O–H groups in total. The Hall–Kier alpha value is -2.08. The molecule has 18 heavy (non-hydrogen) atoms. The molecule has 0 aliphatic carbocycles. The Morgan fingerprint density at radius 2 is 2.11 bits per heavy atom. The molecular weight excluding hydrogens is 294 g/mol. The molecule has 0 saturated heterocycles. The van der Waals surface area contributed by atoms with E-state index in [1.54, 1.807) is 4.52 Å². The van der Waals surface area contributed by atoms with Crippen LogP contribution in [-0.4, -0.2) is 14.6 Å². The van der Waals surface area contributed by atoms with Gasteiger partial charge in [0.25, 0.3) is 0 Å². The van der Waals surface area contributed by atoms with Crippen molar-refractivity contribution in [3.8, 4) is 0 Å². The summed E-state index contributed by atoms with van der Waals surface area (Å²) in [7, 11) is 0. The van der Waals surface area contributed by atoms with E-state index in [2.05, 4.69) is 31.3 Å². The maximum absolute atomic E-state index is 5.72. The molecule has 0 bridgehead atoms. The van der Waals surface area contributed by atoms with E-state index >= 15 is 0 Å². The highest BCUT2D eigenvalue weighted by molar-refractivity contribution is 9.10. The molecule has 0 atom stereocenters. The topological polar surface area (TPSA) is 68.2 Å². The molecule has 0 spiro atoms. The van der Waals surface area contributed by atoms with Crippen LogP contribution in [0.1, 0.15) is 0 Å². The Morgan fingerprint density at radius 1 is 1.22 bits per heavy atom. The van der Waals surface area contributed by atoms with Crippen molar-refractivity contribution in [1.29, 1.82) is 0 Å². The molecule has 5 nitrogen and oxygen atoms in total. The first kappa shape index (κ1) is 11.0. The highest BCUT2D eigenvalue weighted by atomic mass is 79.9. The van der Waals surface area contributed by atoms with Crippen molar-refractivity contribution in [1.82, 2.24) is 14.6 Å². The zero-order chi connectivity index (χ0) is 12.5. The van der Waals surface area contributed by atoms with Crippen molar-refractivity contribution in [2.24, 2.45) is 0 Å². The molecular formula is C12H10BrN5. The van der Waals surface area contributed by atoms with E-state index in [0.717, 1.165) is 15.8 Å². The van der Waals surface area contributed by atoms with Gasteiger partial charge in [-0.2, -0.15) is 4.98 Å². The number of hydrogen-bond donors (Lipinski definition) is 2. The van der Waals surface area contributed by atoms with Gasteiger partial charge in [0, 0.05) is 17.6 Å². The number of aromatic nitrogens is 3. The van der Waals surface area contributed by atoms with Crippen molar-refractivity contribution in [2.45, 2.75) is 0 Å². The normalized spacial score (nSPS) is 10.7. The number of halogens is 1. The minimum Gasteiger partial charge on any atom is -0.399 e. The zero-order valence-electron chi connectivity index (χ0n) is 9.34. The highest BCUT2D eigenvalue weighted by Gasteiger charge is 2.06. The molecule has 2 aromatic heterocycles. The summed E-state index contributed by atoms with van der Waals surface area (Å²) in [6.07, 6.45) is 1.84. The Bertz CT molecular complexity index is 707. The third-order valence-corrected chi connectivity index (χ3v) is 3.08. The summed E-state index contributed by atoms with van der Waals surface area (Å²) < 4.78 is 2.61. The molecule has 0 radical (unpaired) electrons. The maximum atomic E-state index is 5.72. The maximum Gasteiger partial charge on any atom is 0.247 e. The van der Waals surface area contributed by atoms with Gasteiger partial charge in [-0.3, -0.25) is 0 Å². The summed E-state index contributed by atoms with van der Waals surface area (Å²) in [5.41, 5.74) is 8.05. The van der Waals surface area contributed by atoms with Crippen LogP contribution < -0.4 is 11.1 Å². The fourth-order valence-electron chi connectivity index (χ4n) is 1.67. The summed E-state index contributed by atoms with van der Waals surface area (Å²) in [6.45, 7) is 0. The summed E-state index contributed by atoms with van der Waals surface area (Å²) in [5, 5.41) is 7.44. The largest absolute Gasteiger partial charge is 0.399 e. The molecule has 0 aliphatic rings. The molecule has 0 amide bonds. The molecule has 0 unspecified atom stereocenters. The van der Waals surface area contributed by atoms with Gasteiger partial charge in [-0.05, 0) is 46.3 Å². The molecule has 0 saturated carbocycles. The van der Waals surface area contributed by atoms with Crippen LogP contribution in [0.3, 0.4) is 0 Å². The molecule has 0 fully saturated rings. The van der Waals surface area contributed by atoms with Gasteiger partial charge in [0.1, 0.15) is 0 Å². The summed E-state index contributed by atoms with van der Waals surface area (Å²) in [5.74, 6) is 0.535. The fraction of sp³-hybridized carbons (Fsp3) is 0. The molecule has 1 aromatic carbocycles. The van der Waals surface area contributed by atoms with E-state index in [9.17, 15) is 0 Å². The predicted molar refractivity (Wildman–Crippen MR) is 74.8 cm³/mol. The number of rotatable bonds is 2. The molecule has 0 aliphatic heterocycles. The minimum atomic E-state index is 0.535. The number of hydrogen-bond acceptors (Lipinski definition) is 4. The number of fused-ring (bicyclic) bond motifs is 1. The number of nitrogens with one attached hydrogen (secondary N) is 1. The van der Waals surface area contributed by atoms with Gasteiger partial charge in [-0.1, -0.05) is 6.07 Å². The summed E-state index contributed by atoms with van der Waals surface area (Å²) >= 11 is 3.44.